The molecule has 0 atom stereocenters. The summed E-state index contributed by atoms with van der Waals surface area (Å²) < 4.78 is 23.7. The smallest absolute Gasteiger partial charge is 0.173 e. The molecule has 0 radical (unpaired) electrons. The fourth-order valence-electron chi connectivity index (χ4n) is 1.76. The van der Waals surface area contributed by atoms with E-state index in [9.17, 15) is 8.42 Å². The zero-order valence-electron chi connectivity index (χ0n) is 10.5. The van der Waals surface area contributed by atoms with E-state index < -0.39 is 15.3 Å². The van der Waals surface area contributed by atoms with Crippen molar-refractivity contribution in [2.45, 2.75) is 20.8 Å². The Bertz CT molecular complexity index is 522. The minimum Gasteiger partial charge on any atom is -0.224 e. The number of sulfone groups is 1. The molecule has 0 amide bonds. The summed E-state index contributed by atoms with van der Waals surface area (Å²) in [6.07, 6.45) is 1.19. The molecule has 0 saturated heterocycles. The van der Waals surface area contributed by atoms with Crippen LogP contribution in [-0.4, -0.2) is 14.7 Å². The van der Waals surface area contributed by atoms with Crippen molar-refractivity contribution in [1.29, 1.82) is 0 Å². The van der Waals surface area contributed by atoms with Crippen molar-refractivity contribution in [3.05, 3.63) is 40.8 Å². The van der Waals surface area contributed by atoms with Gasteiger partial charge in [-0.1, -0.05) is 62.7 Å². The van der Waals surface area contributed by atoms with E-state index in [0.29, 0.717) is 5.03 Å². The van der Waals surface area contributed by atoms with Crippen molar-refractivity contribution >= 4 is 26.5 Å². The first-order valence-corrected chi connectivity index (χ1v) is 7.56. The van der Waals surface area contributed by atoms with Crippen molar-refractivity contribution in [1.82, 2.24) is 0 Å². The highest BCUT2D eigenvalue weighted by molar-refractivity contribution is 7.94. The van der Waals surface area contributed by atoms with Crippen LogP contribution in [-0.2, 0) is 9.84 Å². The summed E-state index contributed by atoms with van der Waals surface area (Å²) in [5, 5.41) is 0.306. The Morgan fingerprint density at radius 1 is 1.12 bits per heavy atom. The molecule has 0 unspecified atom stereocenters. The first kappa shape index (κ1) is 14.3. The maximum absolute atomic E-state index is 11.9. The Kier molecular flexibility index (Phi) is 4.05. The van der Waals surface area contributed by atoms with Crippen LogP contribution in [0.2, 0.25) is 0 Å². The zero-order chi connectivity index (χ0) is 13.3. The molecule has 1 rings (SSSR count). The van der Waals surface area contributed by atoms with Crippen molar-refractivity contribution in [2.75, 3.05) is 6.26 Å². The van der Waals surface area contributed by atoms with Gasteiger partial charge < -0.3 is 0 Å². The van der Waals surface area contributed by atoms with Crippen LogP contribution in [0.5, 0.6) is 0 Å². The van der Waals surface area contributed by atoms with Crippen LogP contribution in [0, 0.1) is 5.41 Å². The first-order chi connectivity index (χ1) is 7.64. The predicted molar refractivity (Wildman–Crippen MR) is 73.5 cm³/mol. The molecule has 0 aliphatic heterocycles. The molecule has 0 N–H and O–H groups in total. The molecule has 0 aromatic heterocycles. The Morgan fingerprint density at radius 2 is 1.59 bits per heavy atom. The highest BCUT2D eigenvalue weighted by Gasteiger charge is 2.29. The molecule has 0 aliphatic carbocycles. The number of benzene rings is 1. The summed E-state index contributed by atoms with van der Waals surface area (Å²) in [4.78, 5) is 0.276. The lowest BCUT2D eigenvalue weighted by atomic mass is 9.94. The maximum atomic E-state index is 11.9. The fraction of sp³-hybridized carbons (Fsp3) is 0.385. The third-order valence-corrected chi connectivity index (χ3v) is 4.36. The fourth-order valence-corrected chi connectivity index (χ4v) is 4.15. The normalized spacial score (nSPS) is 14.4. The van der Waals surface area contributed by atoms with Crippen LogP contribution in [0.3, 0.4) is 0 Å². The van der Waals surface area contributed by atoms with E-state index in [1.165, 1.54) is 6.26 Å². The van der Waals surface area contributed by atoms with Crippen LogP contribution in [0.25, 0.3) is 5.03 Å². The highest BCUT2D eigenvalue weighted by Crippen LogP contribution is 2.37. The van der Waals surface area contributed by atoms with Gasteiger partial charge in [-0.25, -0.2) is 8.42 Å². The minimum atomic E-state index is -3.32. The van der Waals surface area contributed by atoms with Crippen LogP contribution in [0.15, 0.2) is 35.2 Å². The second kappa shape index (κ2) is 4.83. The SMILES string of the molecule is CC(C)(C)C(=C(Cl)c1ccccc1)S(C)(=O)=O. The molecular weight excluding hydrogens is 256 g/mol. The van der Waals surface area contributed by atoms with Gasteiger partial charge in [0.25, 0.3) is 0 Å². The van der Waals surface area contributed by atoms with Gasteiger partial charge >= 0.3 is 0 Å². The second-order valence-corrected chi connectivity index (χ2v) is 7.36. The van der Waals surface area contributed by atoms with E-state index in [-0.39, 0.29) is 4.91 Å². The van der Waals surface area contributed by atoms with Crippen molar-refractivity contribution in [3.63, 3.8) is 0 Å². The summed E-state index contributed by atoms with van der Waals surface area (Å²) in [5.41, 5.74) is 0.213. The summed E-state index contributed by atoms with van der Waals surface area (Å²) >= 11 is 6.24. The number of allylic oxidation sites excluding steroid dienone is 1. The minimum absolute atomic E-state index is 0.276. The van der Waals surface area contributed by atoms with Crippen molar-refractivity contribution in [2.24, 2.45) is 5.41 Å². The summed E-state index contributed by atoms with van der Waals surface area (Å²) in [5.74, 6) is 0. The van der Waals surface area contributed by atoms with Crippen LogP contribution >= 0.6 is 11.6 Å². The van der Waals surface area contributed by atoms with E-state index in [2.05, 4.69) is 0 Å². The quantitative estimate of drug-likeness (QED) is 0.823. The average Bonchev–Trinajstić information content (AvgIpc) is 2.14. The van der Waals surface area contributed by atoms with E-state index in [1.54, 1.807) is 12.1 Å². The molecule has 0 bridgehead atoms. The second-order valence-electron chi connectivity index (χ2n) is 5.03. The molecule has 94 valence electrons. The number of hydrogen-bond donors (Lipinski definition) is 0. The molecule has 0 fully saturated rings. The molecule has 1 aromatic carbocycles. The molecule has 4 heteroatoms. The highest BCUT2D eigenvalue weighted by atomic mass is 35.5. The molecular formula is C13H17ClO2S. The van der Waals surface area contributed by atoms with E-state index in [1.807, 2.05) is 39.0 Å². The molecule has 0 heterocycles. The van der Waals surface area contributed by atoms with Gasteiger partial charge in [-0.2, -0.15) is 0 Å². The molecule has 0 spiro atoms. The van der Waals surface area contributed by atoms with Crippen LogP contribution in [0.4, 0.5) is 0 Å². The molecule has 0 aliphatic rings. The van der Waals surface area contributed by atoms with Gasteiger partial charge in [0, 0.05) is 6.26 Å². The van der Waals surface area contributed by atoms with Crippen LogP contribution < -0.4 is 0 Å². The lowest BCUT2D eigenvalue weighted by Crippen LogP contribution is -2.18. The third-order valence-electron chi connectivity index (χ3n) is 2.28. The van der Waals surface area contributed by atoms with Gasteiger partial charge in [0.1, 0.15) is 0 Å². The Labute approximate surface area is 108 Å². The molecule has 2 nitrogen and oxygen atoms in total. The predicted octanol–water partition coefficient (Wildman–Crippen LogP) is 3.68. The lowest BCUT2D eigenvalue weighted by Gasteiger charge is -2.23. The first-order valence-electron chi connectivity index (χ1n) is 5.30. The van der Waals surface area contributed by atoms with Gasteiger partial charge in [-0.15, -0.1) is 0 Å². The zero-order valence-corrected chi connectivity index (χ0v) is 12.1. The van der Waals surface area contributed by atoms with E-state index in [0.717, 1.165) is 5.56 Å². The van der Waals surface area contributed by atoms with E-state index >= 15 is 0 Å². The maximum Gasteiger partial charge on any atom is 0.173 e. The van der Waals surface area contributed by atoms with Crippen LogP contribution in [0.1, 0.15) is 26.3 Å². The largest absolute Gasteiger partial charge is 0.224 e. The standard InChI is InChI=1S/C13H17ClO2S/c1-13(2,3)12(17(4,15)16)11(14)10-8-6-5-7-9-10/h5-9H,1-4H3. The number of hydrogen-bond acceptors (Lipinski definition) is 2. The van der Waals surface area contributed by atoms with Gasteiger partial charge in [-0.3, -0.25) is 0 Å². The van der Waals surface area contributed by atoms with Crippen molar-refractivity contribution < 1.29 is 8.42 Å². The summed E-state index contributed by atoms with van der Waals surface area (Å²) in [7, 11) is -3.32. The molecule has 0 saturated carbocycles. The van der Waals surface area contributed by atoms with Crippen molar-refractivity contribution in [3.8, 4) is 0 Å². The van der Waals surface area contributed by atoms with E-state index in [4.69, 9.17) is 11.6 Å². The Balaban J connectivity index is 3.52. The molecule has 17 heavy (non-hydrogen) atoms. The monoisotopic (exact) mass is 272 g/mol. The topological polar surface area (TPSA) is 34.1 Å². The third kappa shape index (κ3) is 3.58. The summed E-state index contributed by atoms with van der Waals surface area (Å²) in [6, 6.07) is 9.14. The molecule has 1 aromatic rings. The number of halogens is 1. The van der Waals surface area contributed by atoms with Gasteiger partial charge in [0.05, 0.1) is 9.94 Å². The Hall–Kier alpha value is -0.800. The van der Waals surface area contributed by atoms with Gasteiger partial charge in [-0.05, 0) is 11.0 Å². The van der Waals surface area contributed by atoms with Gasteiger partial charge in [0.15, 0.2) is 9.84 Å². The van der Waals surface area contributed by atoms with Gasteiger partial charge in [0.2, 0.25) is 0 Å². The average molecular weight is 273 g/mol. The summed E-state index contributed by atoms with van der Waals surface area (Å²) in [6.45, 7) is 5.53. The Morgan fingerprint density at radius 3 is 1.94 bits per heavy atom. The number of rotatable bonds is 2. The lowest BCUT2D eigenvalue weighted by molar-refractivity contribution is 0.518.